The molecule has 0 saturated carbocycles. The van der Waals surface area contributed by atoms with E-state index >= 15 is 0 Å². The highest BCUT2D eigenvalue weighted by Gasteiger charge is 2.53. The van der Waals surface area contributed by atoms with Gasteiger partial charge < -0.3 is 89.9 Å². The average Bonchev–Trinajstić information content (AvgIpc) is 3.63. The minimum Gasteiger partial charge on any atom is -0.394 e. The predicted octanol–water partition coefficient (Wildman–Crippen LogP) is 7.60. The van der Waals surface area contributed by atoms with Crippen LogP contribution in [0.3, 0.4) is 0 Å². The summed E-state index contributed by atoms with van der Waals surface area (Å²) in [6.07, 6.45) is 30.0. The molecular formula is C66H117NO18. The van der Waals surface area contributed by atoms with Crippen LogP contribution in [0.25, 0.3) is 0 Å². The Morgan fingerprint density at radius 1 is 0.435 bits per heavy atom. The van der Waals surface area contributed by atoms with E-state index in [1.165, 1.54) is 96.3 Å². The predicted molar refractivity (Wildman–Crippen MR) is 328 cm³/mol. The maximum Gasteiger partial charge on any atom is 0.220 e. The van der Waals surface area contributed by atoms with E-state index in [0.717, 1.165) is 89.9 Å². The second-order valence-corrected chi connectivity index (χ2v) is 23.6. The van der Waals surface area contributed by atoms with Crippen molar-refractivity contribution in [2.45, 2.75) is 324 Å². The lowest BCUT2D eigenvalue weighted by molar-refractivity contribution is -0.379. The van der Waals surface area contributed by atoms with Crippen LogP contribution in [0.15, 0.2) is 60.8 Å². The number of aliphatic hydroxyl groups excluding tert-OH is 11. The average molecular weight is 1210 g/mol. The zero-order chi connectivity index (χ0) is 61.9. The third-order valence-corrected chi connectivity index (χ3v) is 16.4. The zero-order valence-electron chi connectivity index (χ0n) is 51.8. The number of aliphatic hydroxyl groups is 11. The fraction of sp³-hybridized carbons (Fsp3) is 0.833. The number of carbonyl (C=O) groups is 1. The first-order chi connectivity index (χ1) is 41.3. The van der Waals surface area contributed by atoms with Crippen LogP contribution in [0.4, 0.5) is 0 Å². The van der Waals surface area contributed by atoms with Crippen molar-refractivity contribution < 1.29 is 89.4 Å². The Balaban J connectivity index is 1.44. The molecule has 0 bridgehead atoms. The van der Waals surface area contributed by atoms with E-state index < -0.39 is 124 Å². The van der Waals surface area contributed by atoms with Crippen molar-refractivity contribution in [1.82, 2.24) is 5.32 Å². The number of hydrogen-bond acceptors (Lipinski definition) is 18. The van der Waals surface area contributed by atoms with Gasteiger partial charge in [0.2, 0.25) is 5.91 Å². The van der Waals surface area contributed by atoms with Crippen LogP contribution in [0, 0.1) is 0 Å². The summed E-state index contributed by atoms with van der Waals surface area (Å²) in [6.45, 7) is 1.67. The number of allylic oxidation sites excluding steroid dienone is 10. The van der Waals surface area contributed by atoms with Gasteiger partial charge in [-0.1, -0.05) is 216 Å². The molecule has 1 amide bonds. The summed E-state index contributed by atoms with van der Waals surface area (Å²) >= 11 is 0. The van der Waals surface area contributed by atoms with E-state index in [4.69, 9.17) is 28.4 Å². The van der Waals surface area contributed by atoms with Gasteiger partial charge in [0.05, 0.1) is 38.6 Å². The van der Waals surface area contributed by atoms with Gasteiger partial charge in [-0.05, 0) is 57.8 Å². The quantitative estimate of drug-likeness (QED) is 0.0206. The molecule has 0 aromatic heterocycles. The molecule has 17 atom stereocenters. The standard InChI is InChI=1S/C66H117NO18/c1-3-5-7-9-11-13-15-17-19-20-21-22-23-24-25-26-27-28-30-32-34-36-38-40-42-44-54(72)67-49(50(71)43-41-39-37-35-33-31-29-18-16-14-12-10-8-6-4-2)48-80-64-60(78)57(75)62(52(46-69)82-64)85-66-61(79)58(76)63(53(47-70)83-66)84-65-59(77)56(74)55(73)51(45-68)81-65/h5,7,11,13,17,19,21-22,24-25,49-53,55-66,68-71,73-79H,3-4,6,8-10,12,14-16,18,20,23,26-48H2,1-2H3,(H,67,72)/b7-5-,13-11-,19-17-,22-21-,25-24-. The van der Waals surface area contributed by atoms with Gasteiger partial charge in [0, 0.05) is 6.42 Å². The topological polar surface area (TPSA) is 307 Å². The molecule has 3 fully saturated rings. The molecule has 0 aromatic carbocycles. The molecule has 12 N–H and O–H groups in total. The van der Waals surface area contributed by atoms with Crippen LogP contribution in [-0.4, -0.2) is 193 Å². The van der Waals surface area contributed by atoms with Crippen molar-refractivity contribution in [1.29, 1.82) is 0 Å². The molecule has 85 heavy (non-hydrogen) atoms. The van der Waals surface area contributed by atoms with Crippen LogP contribution >= 0.6 is 0 Å². The Morgan fingerprint density at radius 3 is 1.27 bits per heavy atom. The summed E-state index contributed by atoms with van der Waals surface area (Å²) < 4.78 is 34.4. The minimum atomic E-state index is -1.97. The Morgan fingerprint density at radius 2 is 0.812 bits per heavy atom. The Hall–Kier alpha value is -2.51. The summed E-state index contributed by atoms with van der Waals surface area (Å²) in [4.78, 5) is 13.4. The maximum absolute atomic E-state index is 13.4. The maximum atomic E-state index is 13.4. The summed E-state index contributed by atoms with van der Waals surface area (Å²) in [5, 5.41) is 121. The first-order valence-corrected chi connectivity index (χ1v) is 33.0. The fourth-order valence-corrected chi connectivity index (χ4v) is 11.0. The second kappa shape index (κ2) is 48.4. The first-order valence-electron chi connectivity index (χ1n) is 33.0. The van der Waals surface area contributed by atoms with Gasteiger partial charge in [0.1, 0.15) is 73.2 Å². The number of amides is 1. The van der Waals surface area contributed by atoms with E-state index in [-0.39, 0.29) is 18.9 Å². The molecule has 0 spiro atoms. The van der Waals surface area contributed by atoms with Crippen molar-refractivity contribution in [2.24, 2.45) is 0 Å². The van der Waals surface area contributed by atoms with Crippen LogP contribution in [0.5, 0.6) is 0 Å². The third kappa shape index (κ3) is 31.2. The van der Waals surface area contributed by atoms with Gasteiger partial charge >= 0.3 is 0 Å². The molecular weight excluding hydrogens is 1090 g/mol. The number of nitrogens with one attached hydrogen (secondary N) is 1. The van der Waals surface area contributed by atoms with Gasteiger partial charge in [-0.2, -0.15) is 0 Å². The van der Waals surface area contributed by atoms with E-state index in [0.29, 0.717) is 12.8 Å². The smallest absolute Gasteiger partial charge is 0.220 e. The minimum absolute atomic E-state index is 0.251. The monoisotopic (exact) mass is 1210 g/mol. The van der Waals surface area contributed by atoms with E-state index in [1.807, 2.05) is 0 Å². The van der Waals surface area contributed by atoms with E-state index in [2.05, 4.69) is 79.9 Å². The third-order valence-electron chi connectivity index (χ3n) is 16.4. The van der Waals surface area contributed by atoms with Gasteiger partial charge in [-0.3, -0.25) is 4.79 Å². The fourth-order valence-electron chi connectivity index (χ4n) is 11.0. The zero-order valence-corrected chi connectivity index (χ0v) is 51.8. The molecule has 19 nitrogen and oxygen atoms in total. The summed E-state index contributed by atoms with van der Waals surface area (Å²) in [6, 6.07) is -0.893. The van der Waals surface area contributed by atoms with Gasteiger partial charge in [-0.25, -0.2) is 0 Å². The normalized spacial score (nSPS) is 29.4. The van der Waals surface area contributed by atoms with Crippen molar-refractivity contribution >= 4 is 5.91 Å². The molecule has 3 saturated heterocycles. The van der Waals surface area contributed by atoms with Crippen LogP contribution in [-0.2, 0) is 33.2 Å². The number of carbonyl (C=O) groups excluding carboxylic acids is 1. The highest BCUT2D eigenvalue weighted by Crippen LogP contribution is 2.33. The highest BCUT2D eigenvalue weighted by atomic mass is 16.8. The Labute approximate surface area is 509 Å². The van der Waals surface area contributed by atoms with Crippen molar-refractivity contribution in [3.05, 3.63) is 60.8 Å². The van der Waals surface area contributed by atoms with Crippen LogP contribution in [0.1, 0.15) is 219 Å². The van der Waals surface area contributed by atoms with Crippen molar-refractivity contribution in [3.8, 4) is 0 Å². The molecule has 0 aromatic rings. The summed E-state index contributed by atoms with van der Waals surface area (Å²) in [5.74, 6) is -0.251. The van der Waals surface area contributed by atoms with Gasteiger partial charge in [0.15, 0.2) is 18.9 Å². The van der Waals surface area contributed by atoms with E-state index in [1.54, 1.807) is 0 Å². The number of rotatable bonds is 49. The lowest BCUT2D eigenvalue weighted by Gasteiger charge is -2.48. The summed E-state index contributed by atoms with van der Waals surface area (Å²) in [5.41, 5.74) is 0. The molecule has 17 unspecified atom stereocenters. The molecule has 3 heterocycles. The Bertz CT molecular complexity index is 1780. The van der Waals surface area contributed by atoms with Crippen LogP contribution < -0.4 is 5.32 Å². The molecule has 3 rings (SSSR count). The Kier molecular flexibility index (Phi) is 43.7. The lowest BCUT2D eigenvalue weighted by Crippen LogP contribution is -2.66. The molecule has 3 aliphatic heterocycles. The summed E-state index contributed by atoms with van der Waals surface area (Å²) in [7, 11) is 0. The molecule has 19 heteroatoms. The SMILES string of the molecule is CC/C=C\C/C=C\C/C=C\C/C=C\C/C=C\CCCCCCCCCCCC(=O)NC(COC1OC(CO)C(OC2OC(CO)C(OC3OC(CO)C(O)C(O)C3O)C(O)C2O)C(O)C1O)C(O)CCCCCCCCCCCCCCCCC. The molecule has 0 radical (unpaired) electrons. The second-order valence-electron chi connectivity index (χ2n) is 23.6. The van der Waals surface area contributed by atoms with Crippen LogP contribution in [0.2, 0.25) is 0 Å². The highest BCUT2D eigenvalue weighted by molar-refractivity contribution is 5.76. The molecule has 0 aliphatic carbocycles. The first kappa shape index (κ1) is 76.7. The van der Waals surface area contributed by atoms with Crippen molar-refractivity contribution in [2.75, 3.05) is 26.4 Å². The van der Waals surface area contributed by atoms with Gasteiger partial charge in [0.25, 0.3) is 0 Å². The molecule has 3 aliphatic rings. The number of unbranched alkanes of at least 4 members (excludes halogenated alkanes) is 23. The van der Waals surface area contributed by atoms with Gasteiger partial charge in [-0.15, -0.1) is 0 Å². The number of ether oxygens (including phenoxy) is 6. The molecule has 494 valence electrons. The lowest BCUT2D eigenvalue weighted by atomic mass is 9.96. The van der Waals surface area contributed by atoms with E-state index in [9.17, 15) is 61.0 Å². The van der Waals surface area contributed by atoms with Crippen molar-refractivity contribution in [3.63, 3.8) is 0 Å². The number of hydrogen-bond donors (Lipinski definition) is 12. The largest absolute Gasteiger partial charge is 0.394 e.